The zero-order chi connectivity index (χ0) is 16.9. The van der Waals surface area contributed by atoms with E-state index < -0.39 is 0 Å². The highest BCUT2D eigenvalue weighted by atomic mass is 16.3. The summed E-state index contributed by atoms with van der Waals surface area (Å²) in [6, 6.07) is 8.54. The zero-order valence-corrected chi connectivity index (χ0v) is 14.8. The zero-order valence-electron chi connectivity index (χ0n) is 14.8. The van der Waals surface area contributed by atoms with Crippen molar-refractivity contribution in [3.8, 4) is 11.3 Å². The van der Waals surface area contributed by atoms with Gasteiger partial charge in [0, 0.05) is 12.1 Å². The van der Waals surface area contributed by atoms with Crippen molar-refractivity contribution < 1.29 is 5.11 Å². The lowest BCUT2D eigenvalue weighted by molar-refractivity contribution is 0.277. The van der Waals surface area contributed by atoms with E-state index in [2.05, 4.69) is 62.3 Å². The fourth-order valence-corrected chi connectivity index (χ4v) is 2.74. The van der Waals surface area contributed by atoms with E-state index in [1.54, 1.807) is 0 Å². The summed E-state index contributed by atoms with van der Waals surface area (Å²) < 4.78 is 1.94. The van der Waals surface area contributed by atoms with Gasteiger partial charge < -0.3 is 5.11 Å². The molecular weight excluding hydrogens is 286 g/mol. The third-order valence-electron chi connectivity index (χ3n) is 4.20. The summed E-state index contributed by atoms with van der Waals surface area (Å²) in [4.78, 5) is 0. The maximum atomic E-state index is 9.57. The number of hydrogen-bond donors (Lipinski definition) is 1. The minimum Gasteiger partial charge on any atom is -0.390 e. The number of rotatable bonds is 7. The summed E-state index contributed by atoms with van der Waals surface area (Å²) in [5.74, 6) is 0. The Balaban J connectivity index is 2.24. The molecule has 0 bridgehead atoms. The highest BCUT2D eigenvalue weighted by Gasteiger charge is 2.17. The van der Waals surface area contributed by atoms with Crippen LogP contribution in [0.5, 0.6) is 0 Å². The Bertz CT molecular complexity index is 609. The molecule has 2 aromatic rings. The van der Waals surface area contributed by atoms with Crippen molar-refractivity contribution in [1.29, 1.82) is 0 Å². The van der Waals surface area contributed by atoms with E-state index in [9.17, 15) is 5.11 Å². The fourth-order valence-electron chi connectivity index (χ4n) is 2.74. The van der Waals surface area contributed by atoms with Gasteiger partial charge in [-0.1, -0.05) is 76.4 Å². The quantitative estimate of drug-likeness (QED) is 0.774. The first kappa shape index (κ1) is 17.7. The lowest BCUT2D eigenvalue weighted by Gasteiger charge is -2.19. The number of nitrogens with zero attached hydrogens (tertiary/aromatic N) is 3. The molecule has 1 aromatic carbocycles. The maximum Gasteiger partial charge on any atom is 0.116 e. The van der Waals surface area contributed by atoms with Crippen LogP contribution in [0.4, 0.5) is 0 Å². The minimum atomic E-state index is -0.0781. The predicted molar refractivity (Wildman–Crippen MR) is 94.2 cm³/mol. The molecule has 0 saturated carbocycles. The van der Waals surface area contributed by atoms with Crippen LogP contribution in [0.15, 0.2) is 24.3 Å². The van der Waals surface area contributed by atoms with Crippen molar-refractivity contribution >= 4 is 0 Å². The van der Waals surface area contributed by atoms with Crippen molar-refractivity contribution in [2.24, 2.45) is 0 Å². The Kier molecular flexibility index (Phi) is 5.94. The van der Waals surface area contributed by atoms with Gasteiger partial charge in [-0.3, -0.25) is 0 Å². The van der Waals surface area contributed by atoms with Gasteiger partial charge in [0.1, 0.15) is 5.69 Å². The van der Waals surface area contributed by atoms with Crippen LogP contribution in [0.25, 0.3) is 11.3 Å². The topological polar surface area (TPSA) is 50.9 Å². The highest BCUT2D eigenvalue weighted by molar-refractivity contribution is 5.62. The van der Waals surface area contributed by atoms with Crippen LogP contribution in [-0.4, -0.2) is 20.1 Å². The number of hydrogen-bond acceptors (Lipinski definition) is 3. The van der Waals surface area contributed by atoms with Crippen molar-refractivity contribution in [1.82, 2.24) is 15.0 Å². The van der Waals surface area contributed by atoms with Gasteiger partial charge in [-0.25, -0.2) is 4.68 Å². The summed E-state index contributed by atoms with van der Waals surface area (Å²) in [7, 11) is 0. The molecule has 23 heavy (non-hydrogen) atoms. The normalized spacial score (nSPS) is 11.9. The van der Waals surface area contributed by atoms with E-state index in [1.165, 1.54) is 24.8 Å². The van der Waals surface area contributed by atoms with Crippen molar-refractivity contribution in [3.63, 3.8) is 0 Å². The van der Waals surface area contributed by atoms with Gasteiger partial charge in [0.05, 0.1) is 12.3 Å². The van der Waals surface area contributed by atoms with Gasteiger partial charge in [0.2, 0.25) is 0 Å². The van der Waals surface area contributed by atoms with E-state index in [0.717, 1.165) is 24.2 Å². The first-order valence-electron chi connectivity index (χ1n) is 8.61. The number of aromatic nitrogens is 3. The van der Waals surface area contributed by atoms with Crippen LogP contribution in [0.2, 0.25) is 0 Å². The molecule has 126 valence electrons. The largest absolute Gasteiger partial charge is 0.390 e. The van der Waals surface area contributed by atoms with E-state index >= 15 is 0 Å². The monoisotopic (exact) mass is 315 g/mol. The maximum absolute atomic E-state index is 9.57. The van der Waals surface area contributed by atoms with Crippen molar-refractivity contribution in [2.45, 2.75) is 71.9 Å². The second-order valence-corrected chi connectivity index (χ2v) is 7.15. The standard InChI is InChI=1S/C19H29N3O/c1-5-6-7-8-13-22-18(17(14-23)20-21-22)15-9-11-16(12-10-15)19(2,3)4/h9-12,23H,5-8,13-14H2,1-4H3. The smallest absolute Gasteiger partial charge is 0.116 e. The molecule has 0 saturated heterocycles. The molecule has 4 nitrogen and oxygen atoms in total. The molecule has 1 N–H and O–H groups in total. The molecule has 0 unspecified atom stereocenters. The van der Waals surface area contributed by atoms with Crippen LogP contribution in [-0.2, 0) is 18.6 Å². The second-order valence-electron chi connectivity index (χ2n) is 7.15. The lowest BCUT2D eigenvalue weighted by Crippen LogP contribution is -2.10. The summed E-state index contributed by atoms with van der Waals surface area (Å²) in [5.41, 5.74) is 4.11. The Morgan fingerprint density at radius 1 is 1.04 bits per heavy atom. The number of unbranched alkanes of at least 4 members (excludes halogenated alkanes) is 3. The molecule has 0 aliphatic rings. The van der Waals surface area contributed by atoms with Gasteiger partial charge in [-0.15, -0.1) is 5.10 Å². The molecule has 0 fully saturated rings. The Morgan fingerprint density at radius 2 is 1.74 bits per heavy atom. The second kappa shape index (κ2) is 7.73. The van der Waals surface area contributed by atoms with Crippen LogP contribution in [0.1, 0.15) is 64.6 Å². The Labute approximate surface area is 139 Å². The third-order valence-corrected chi connectivity index (χ3v) is 4.20. The minimum absolute atomic E-state index is 0.0781. The average Bonchev–Trinajstić information content (AvgIpc) is 2.94. The lowest BCUT2D eigenvalue weighted by atomic mass is 9.86. The SMILES string of the molecule is CCCCCCn1nnc(CO)c1-c1ccc(C(C)(C)C)cc1. The fraction of sp³-hybridized carbons (Fsp3) is 0.579. The van der Waals surface area contributed by atoms with Crippen LogP contribution < -0.4 is 0 Å². The first-order chi connectivity index (χ1) is 11.0. The summed E-state index contributed by atoms with van der Waals surface area (Å²) in [5, 5.41) is 18.0. The molecule has 0 spiro atoms. The van der Waals surface area contributed by atoms with Crippen LogP contribution >= 0.6 is 0 Å². The molecule has 0 radical (unpaired) electrons. The molecule has 4 heteroatoms. The Hall–Kier alpha value is -1.68. The number of benzene rings is 1. The van der Waals surface area contributed by atoms with Crippen LogP contribution in [0.3, 0.4) is 0 Å². The Morgan fingerprint density at radius 3 is 2.30 bits per heavy atom. The average molecular weight is 315 g/mol. The van der Waals surface area contributed by atoms with Gasteiger partial charge in [0.25, 0.3) is 0 Å². The predicted octanol–water partition coefficient (Wildman–Crippen LogP) is 4.32. The molecule has 0 atom stereocenters. The van der Waals surface area contributed by atoms with Gasteiger partial charge in [-0.05, 0) is 17.4 Å². The van der Waals surface area contributed by atoms with Gasteiger partial charge in [-0.2, -0.15) is 0 Å². The highest BCUT2D eigenvalue weighted by Crippen LogP contribution is 2.27. The van der Waals surface area contributed by atoms with Crippen molar-refractivity contribution in [3.05, 3.63) is 35.5 Å². The number of aliphatic hydroxyl groups is 1. The van der Waals surface area contributed by atoms with E-state index in [4.69, 9.17) is 0 Å². The first-order valence-corrected chi connectivity index (χ1v) is 8.61. The third kappa shape index (κ3) is 4.41. The summed E-state index contributed by atoms with van der Waals surface area (Å²) in [6.07, 6.45) is 4.76. The van der Waals surface area contributed by atoms with E-state index in [1.807, 2.05) is 4.68 Å². The summed E-state index contributed by atoms with van der Waals surface area (Å²) >= 11 is 0. The molecule has 0 aliphatic carbocycles. The molecule has 0 aliphatic heterocycles. The number of aliphatic hydroxyl groups excluding tert-OH is 1. The van der Waals surface area contributed by atoms with E-state index in [-0.39, 0.29) is 12.0 Å². The van der Waals surface area contributed by atoms with Crippen LogP contribution in [0, 0.1) is 0 Å². The van der Waals surface area contributed by atoms with Gasteiger partial charge in [0.15, 0.2) is 0 Å². The molecule has 0 amide bonds. The molecule has 1 aromatic heterocycles. The molecule has 2 rings (SSSR count). The van der Waals surface area contributed by atoms with Crippen molar-refractivity contribution in [2.75, 3.05) is 0 Å². The molecule has 1 heterocycles. The number of aryl methyl sites for hydroxylation is 1. The van der Waals surface area contributed by atoms with E-state index in [0.29, 0.717) is 5.69 Å². The van der Waals surface area contributed by atoms with Gasteiger partial charge >= 0.3 is 0 Å². The summed E-state index contributed by atoms with van der Waals surface area (Å²) in [6.45, 7) is 9.61. The molecular formula is C19H29N3O.